The zero-order valence-electron chi connectivity index (χ0n) is 10.2. The number of carboxylic acids is 1. The molecule has 0 aromatic carbocycles. The van der Waals surface area contributed by atoms with Gasteiger partial charge in [-0.2, -0.15) is 0 Å². The summed E-state index contributed by atoms with van der Waals surface area (Å²) < 4.78 is 0. The van der Waals surface area contributed by atoms with E-state index >= 15 is 0 Å². The molecule has 0 fully saturated rings. The Morgan fingerprint density at radius 1 is 1.44 bits per heavy atom. The summed E-state index contributed by atoms with van der Waals surface area (Å²) in [5, 5.41) is 12.1. The number of aromatic carboxylic acids is 1. The van der Waals surface area contributed by atoms with Crippen molar-refractivity contribution in [2.24, 2.45) is 5.41 Å². The van der Waals surface area contributed by atoms with Crippen LogP contribution in [-0.2, 0) is 0 Å². The van der Waals surface area contributed by atoms with Crippen molar-refractivity contribution >= 4 is 11.8 Å². The number of hydrogen-bond acceptors (Lipinski definition) is 3. The lowest BCUT2D eigenvalue weighted by molar-refractivity contribution is 0.0697. The molecule has 1 aromatic rings. The van der Waals surface area contributed by atoms with Crippen molar-refractivity contribution in [2.75, 3.05) is 11.9 Å². The molecule has 0 bridgehead atoms. The van der Waals surface area contributed by atoms with Crippen LogP contribution in [0.1, 0.15) is 36.8 Å². The van der Waals surface area contributed by atoms with Crippen LogP contribution in [0, 0.1) is 12.3 Å². The number of carboxylic acid groups (broad SMARTS) is 1. The Morgan fingerprint density at radius 2 is 2.06 bits per heavy atom. The predicted octanol–water partition coefficient (Wildman–Crippen LogP) is 2.55. The van der Waals surface area contributed by atoms with Gasteiger partial charge in [-0.25, -0.2) is 9.78 Å². The van der Waals surface area contributed by atoms with Crippen molar-refractivity contribution in [3.63, 3.8) is 0 Å². The molecule has 4 heteroatoms. The average molecular weight is 222 g/mol. The molecule has 0 saturated heterocycles. The van der Waals surface area contributed by atoms with E-state index in [2.05, 4.69) is 31.1 Å². The van der Waals surface area contributed by atoms with Crippen LogP contribution in [0.5, 0.6) is 0 Å². The molecule has 88 valence electrons. The molecule has 16 heavy (non-hydrogen) atoms. The van der Waals surface area contributed by atoms with Gasteiger partial charge < -0.3 is 10.4 Å². The van der Waals surface area contributed by atoms with Gasteiger partial charge in [0.1, 0.15) is 11.4 Å². The van der Waals surface area contributed by atoms with Gasteiger partial charge in [-0.3, -0.25) is 0 Å². The zero-order valence-corrected chi connectivity index (χ0v) is 10.2. The van der Waals surface area contributed by atoms with Crippen LogP contribution in [0.25, 0.3) is 0 Å². The molecule has 0 aliphatic carbocycles. The summed E-state index contributed by atoms with van der Waals surface area (Å²) >= 11 is 0. The predicted molar refractivity (Wildman–Crippen MR) is 63.9 cm³/mol. The number of carbonyl (C=O) groups is 1. The highest BCUT2D eigenvalue weighted by Crippen LogP contribution is 2.18. The number of aryl methyl sites for hydroxylation is 1. The largest absolute Gasteiger partial charge is 0.478 e. The van der Waals surface area contributed by atoms with E-state index in [1.807, 2.05) is 6.92 Å². The first-order valence-electron chi connectivity index (χ1n) is 5.24. The van der Waals surface area contributed by atoms with E-state index in [1.54, 1.807) is 12.1 Å². The number of rotatable bonds is 3. The van der Waals surface area contributed by atoms with Gasteiger partial charge in [-0.15, -0.1) is 0 Å². The van der Waals surface area contributed by atoms with Crippen LogP contribution in [-0.4, -0.2) is 22.6 Å². The van der Waals surface area contributed by atoms with Gasteiger partial charge >= 0.3 is 5.97 Å². The third kappa shape index (κ3) is 3.53. The van der Waals surface area contributed by atoms with Crippen LogP contribution in [0.4, 0.5) is 5.82 Å². The molecular weight excluding hydrogens is 204 g/mol. The number of aromatic nitrogens is 1. The maximum absolute atomic E-state index is 11.0. The molecule has 0 atom stereocenters. The zero-order chi connectivity index (χ0) is 12.3. The summed E-state index contributed by atoms with van der Waals surface area (Å²) in [6, 6.07) is 3.28. The quantitative estimate of drug-likeness (QED) is 0.825. The number of anilines is 1. The summed E-state index contributed by atoms with van der Waals surface area (Å²) in [5.74, 6) is -0.508. The van der Waals surface area contributed by atoms with Crippen LogP contribution in [0.3, 0.4) is 0 Å². The van der Waals surface area contributed by atoms with E-state index in [4.69, 9.17) is 5.11 Å². The third-order valence-corrected chi connectivity index (χ3v) is 2.05. The second-order valence-electron chi connectivity index (χ2n) is 5.07. The van der Waals surface area contributed by atoms with Crippen molar-refractivity contribution in [3.05, 3.63) is 23.4 Å². The Balaban J connectivity index is 2.93. The summed E-state index contributed by atoms with van der Waals surface area (Å²) in [4.78, 5) is 15.2. The highest BCUT2D eigenvalue weighted by Gasteiger charge is 2.15. The summed E-state index contributed by atoms with van der Waals surface area (Å²) in [6.45, 7) is 8.76. The monoisotopic (exact) mass is 222 g/mol. The normalized spacial score (nSPS) is 11.2. The second-order valence-corrected chi connectivity index (χ2v) is 5.07. The minimum atomic E-state index is -0.955. The van der Waals surface area contributed by atoms with E-state index in [0.717, 1.165) is 5.69 Å². The van der Waals surface area contributed by atoms with Gasteiger partial charge in [0.15, 0.2) is 0 Å². The minimum Gasteiger partial charge on any atom is -0.478 e. The number of nitrogens with zero attached hydrogens (tertiary/aromatic N) is 1. The Morgan fingerprint density at radius 3 is 2.56 bits per heavy atom. The SMILES string of the molecule is Cc1ccc(C(=O)O)c(NCC(C)(C)C)n1. The fraction of sp³-hybridized carbons (Fsp3) is 0.500. The molecule has 0 radical (unpaired) electrons. The highest BCUT2D eigenvalue weighted by atomic mass is 16.4. The fourth-order valence-electron chi connectivity index (χ4n) is 1.21. The van der Waals surface area contributed by atoms with E-state index in [-0.39, 0.29) is 11.0 Å². The molecular formula is C12H18N2O2. The summed E-state index contributed by atoms with van der Waals surface area (Å²) in [7, 11) is 0. The highest BCUT2D eigenvalue weighted by molar-refractivity contribution is 5.93. The molecule has 1 aromatic heterocycles. The summed E-state index contributed by atoms with van der Waals surface area (Å²) in [6.07, 6.45) is 0. The third-order valence-electron chi connectivity index (χ3n) is 2.05. The maximum atomic E-state index is 11.0. The molecule has 0 aliphatic rings. The Hall–Kier alpha value is -1.58. The number of pyridine rings is 1. The molecule has 0 amide bonds. The standard InChI is InChI=1S/C12H18N2O2/c1-8-5-6-9(11(15)16)10(14-8)13-7-12(2,3)4/h5-6H,7H2,1-4H3,(H,13,14)(H,15,16). The minimum absolute atomic E-state index is 0.0845. The van der Waals surface area contributed by atoms with Gasteiger partial charge in [-0.05, 0) is 24.5 Å². The van der Waals surface area contributed by atoms with Crippen molar-refractivity contribution < 1.29 is 9.90 Å². The molecule has 0 spiro atoms. The van der Waals surface area contributed by atoms with E-state index < -0.39 is 5.97 Å². The van der Waals surface area contributed by atoms with Crippen LogP contribution in [0.2, 0.25) is 0 Å². The van der Waals surface area contributed by atoms with Crippen molar-refractivity contribution in [1.29, 1.82) is 0 Å². The first kappa shape index (κ1) is 12.5. The Kier molecular flexibility index (Phi) is 3.52. The van der Waals surface area contributed by atoms with Gasteiger partial charge in [0.05, 0.1) is 0 Å². The van der Waals surface area contributed by atoms with Gasteiger partial charge in [0.2, 0.25) is 0 Å². The van der Waals surface area contributed by atoms with Crippen LogP contribution >= 0.6 is 0 Å². The Labute approximate surface area is 95.7 Å². The molecule has 0 aliphatic heterocycles. The van der Waals surface area contributed by atoms with Crippen molar-refractivity contribution in [2.45, 2.75) is 27.7 Å². The smallest absolute Gasteiger partial charge is 0.339 e. The Bertz CT molecular complexity index is 394. The first-order chi connectivity index (χ1) is 7.29. The van der Waals surface area contributed by atoms with Gasteiger partial charge in [0, 0.05) is 12.2 Å². The van der Waals surface area contributed by atoms with E-state index in [0.29, 0.717) is 12.4 Å². The molecule has 4 nitrogen and oxygen atoms in total. The van der Waals surface area contributed by atoms with E-state index in [1.165, 1.54) is 0 Å². The second kappa shape index (κ2) is 4.51. The fourth-order valence-corrected chi connectivity index (χ4v) is 1.21. The lowest BCUT2D eigenvalue weighted by atomic mass is 9.97. The van der Waals surface area contributed by atoms with Gasteiger partial charge in [-0.1, -0.05) is 20.8 Å². The number of hydrogen-bond donors (Lipinski definition) is 2. The topological polar surface area (TPSA) is 62.2 Å². The van der Waals surface area contributed by atoms with Crippen LogP contribution < -0.4 is 5.32 Å². The maximum Gasteiger partial charge on any atom is 0.339 e. The molecule has 0 saturated carbocycles. The van der Waals surface area contributed by atoms with E-state index in [9.17, 15) is 4.79 Å². The van der Waals surface area contributed by atoms with Crippen molar-refractivity contribution in [3.8, 4) is 0 Å². The lowest BCUT2D eigenvalue weighted by Crippen LogP contribution is -2.21. The van der Waals surface area contributed by atoms with Crippen molar-refractivity contribution in [1.82, 2.24) is 4.98 Å². The summed E-state index contributed by atoms with van der Waals surface area (Å²) in [5.41, 5.74) is 1.11. The first-order valence-corrected chi connectivity index (χ1v) is 5.24. The van der Waals surface area contributed by atoms with Gasteiger partial charge in [0.25, 0.3) is 0 Å². The number of nitrogens with one attached hydrogen (secondary N) is 1. The van der Waals surface area contributed by atoms with Crippen LogP contribution in [0.15, 0.2) is 12.1 Å². The average Bonchev–Trinajstić information content (AvgIpc) is 2.13. The lowest BCUT2D eigenvalue weighted by Gasteiger charge is -2.20. The molecule has 1 heterocycles. The molecule has 0 unspecified atom stereocenters. The molecule has 2 N–H and O–H groups in total. The molecule has 1 rings (SSSR count).